The molecule has 0 bridgehead atoms. The number of ether oxygens (including phenoxy) is 1. The summed E-state index contributed by atoms with van der Waals surface area (Å²) >= 11 is 13.1. The van der Waals surface area contributed by atoms with E-state index in [1.165, 1.54) is 12.3 Å². The Bertz CT molecular complexity index is 602. The molecule has 98 valence electrons. The van der Waals surface area contributed by atoms with Crippen LogP contribution in [0.25, 0.3) is 0 Å². The van der Waals surface area contributed by atoms with Crippen LogP contribution in [0.4, 0.5) is 0 Å². The summed E-state index contributed by atoms with van der Waals surface area (Å²) in [6.07, 6.45) is 3.30. The maximum atomic E-state index is 11.9. The molecule has 0 N–H and O–H groups in total. The van der Waals surface area contributed by atoms with E-state index in [9.17, 15) is 4.79 Å². The van der Waals surface area contributed by atoms with Crippen molar-refractivity contribution >= 4 is 40.9 Å². The number of carbonyl (C=O) groups excluding carboxylic acids is 1. The molecule has 2 aromatic rings. The van der Waals surface area contributed by atoms with Crippen molar-refractivity contribution in [2.75, 3.05) is 6.26 Å². The quantitative estimate of drug-likeness (QED) is 0.366. The molecular formula is C13H9Cl2NO2S. The Kier molecular flexibility index (Phi) is 4.69. The van der Waals surface area contributed by atoms with E-state index in [2.05, 4.69) is 4.98 Å². The Hall–Kier alpha value is -1.23. The summed E-state index contributed by atoms with van der Waals surface area (Å²) in [5.41, 5.74) is 0.253. The highest BCUT2D eigenvalue weighted by molar-refractivity contribution is 7.98. The number of aromatic nitrogens is 1. The third-order valence-corrected chi connectivity index (χ3v) is 3.73. The second-order valence-corrected chi connectivity index (χ2v) is 5.21. The second kappa shape index (κ2) is 6.28. The van der Waals surface area contributed by atoms with Crippen LogP contribution in [-0.4, -0.2) is 17.2 Å². The van der Waals surface area contributed by atoms with Gasteiger partial charge in [0.2, 0.25) is 0 Å². The molecule has 0 unspecified atom stereocenters. The molecule has 3 nitrogen and oxygen atoms in total. The molecule has 19 heavy (non-hydrogen) atoms. The van der Waals surface area contributed by atoms with Gasteiger partial charge in [0.05, 0.1) is 10.6 Å². The van der Waals surface area contributed by atoms with E-state index >= 15 is 0 Å². The van der Waals surface area contributed by atoms with Gasteiger partial charge in [-0.3, -0.25) is 0 Å². The van der Waals surface area contributed by atoms with Crippen LogP contribution in [0, 0.1) is 0 Å². The van der Waals surface area contributed by atoms with Crippen molar-refractivity contribution < 1.29 is 9.53 Å². The third kappa shape index (κ3) is 3.62. The number of thioether (sulfide) groups is 1. The molecule has 0 fully saturated rings. The highest BCUT2D eigenvalue weighted by atomic mass is 35.5. The average molecular weight is 314 g/mol. The van der Waals surface area contributed by atoms with Crippen molar-refractivity contribution in [1.82, 2.24) is 4.98 Å². The van der Waals surface area contributed by atoms with Gasteiger partial charge < -0.3 is 4.74 Å². The molecule has 2 rings (SSSR count). The zero-order valence-corrected chi connectivity index (χ0v) is 12.2. The first-order valence-electron chi connectivity index (χ1n) is 5.27. The zero-order valence-electron chi connectivity index (χ0n) is 9.89. The summed E-state index contributed by atoms with van der Waals surface area (Å²) in [6.45, 7) is 0. The first-order chi connectivity index (χ1) is 9.10. The van der Waals surface area contributed by atoms with E-state index in [1.54, 1.807) is 23.9 Å². The van der Waals surface area contributed by atoms with Crippen LogP contribution >= 0.6 is 35.0 Å². The van der Waals surface area contributed by atoms with Crippen LogP contribution in [-0.2, 0) is 0 Å². The lowest BCUT2D eigenvalue weighted by molar-refractivity contribution is 0.0734. The number of benzene rings is 1. The molecule has 0 aliphatic rings. The Morgan fingerprint density at radius 3 is 2.53 bits per heavy atom. The molecule has 0 radical (unpaired) electrons. The number of nitrogens with zero attached hydrogens (tertiary/aromatic N) is 1. The van der Waals surface area contributed by atoms with Gasteiger partial charge in [-0.15, -0.1) is 11.8 Å². The van der Waals surface area contributed by atoms with Crippen LogP contribution < -0.4 is 4.74 Å². The van der Waals surface area contributed by atoms with Gasteiger partial charge in [0.15, 0.2) is 0 Å². The normalized spacial score (nSPS) is 10.3. The first-order valence-corrected chi connectivity index (χ1v) is 7.25. The lowest BCUT2D eigenvalue weighted by atomic mass is 10.3. The van der Waals surface area contributed by atoms with Crippen molar-refractivity contribution in [3.05, 3.63) is 52.3 Å². The smallest absolute Gasteiger partial charge is 0.345 e. The molecular weight excluding hydrogens is 305 g/mol. The second-order valence-electron chi connectivity index (χ2n) is 3.56. The number of hydrogen-bond acceptors (Lipinski definition) is 4. The minimum atomic E-state index is -0.525. The number of rotatable bonds is 3. The van der Waals surface area contributed by atoms with Crippen LogP contribution in [0.5, 0.6) is 5.75 Å². The molecule has 0 aliphatic heterocycles. The van der Waals surface area contributed by atoms with Crippen LogP contribution in [0.2, 0.25) is 10.2 Å². The lowest BCUT2D eigenvalue weighted by Crippen LogP contribution is -2.08. The monoisotopic (exact) mass is 313 g/mol. The molecule has 0 amide bonds. The number of carbonyl (C=O) groups is 1. The van der Waals surface area contributed by atoms with E-state index in [-0.39, 0.29) is 15.7 Å². The van der Waals surface area contributed by atoms with Crippen molar-refractivity contribution in [3.63, 3.8) is 0 Å². The van der Waals surface area contributed by atoms with E-state index < -0.39 is 5.97 Å². The average Bonchev–Trinajstić information content (AvgIpc) is 2.42. The van der Waals surface area contributed by atoms with Gasteiger partial charge in [-0.25, -0.2) is 9.78 Å². The van der Waals surface area contributed by atoms with Crippen LogP contribution in [0.3, 0.4) is 0 Å². The summed E-state index contributed by atoms with van der Waals surface area (Å²) < 4.78 is 5.20. The Balaban J connectivity index is 2.13. The topological polar surface area (TPSA) is 39.2 Å². The summed E-state index contributed by atoms with van der Waals surface area (Å²) in [7, 11) is 0. The van der Waals surface area contributed by atoms with Gasteiger partial charge in [-0.2, -0.15) is 0 Å². The van der Waals surface area contributed by atoms with E-state index in [4.69, 9.17) is 27.9 Å². The van der Waals surface area contributed by atoms with Gasteiger partial charge in [0.1, 0.15) is 10.9 Å². The molecule has 1 aromatic carbocycles. The van der Waals surface area contributed by atoms with Gasteiger partial charge in [0.25, 0.3) is 0 Å². The molecule has 0 saturated heterocycles. The molecule has 6 heteroatoms. The number of hydrogen-bond donors (Lipinski definition) is 0. The van der Waals surface area contributed by atoms with E-state index in [1.807, 2.05) is 18.4 Å². The molecule has 1 aromatic heterocycles. The minimum Gasteiger partial charge on any atom is -0.423 e. The maximum absolute atomic E-state index is 11.9. The van der Waals surface area contributed by atoms with Crippen molar-refractivity contribution in [3.8, 4) is 5.75 Å². The summed E-state index contributed by atoms with van der Waals surface area (Å²) in [5, 5.41) is 0.372. The fourth-order valence-electron chi connectivity index (χ4n) is 1.34. The minimum absolute atomic E-state index is 0.155. The van der Waals surface area contributed by atoms with Crippen molar-refractivity contribution in [2.45, 2.75) is 4.90 Å². The molecule has 0 aliphatic carbocycles. The summed E-state index contributed by atoms with van der Waals surface area (Å²) in [4.78, 5) is 16.8. The van der Waals surface area contributed by atoms with Crippen molar-refractivity contribution in [2.24, 2.45) is 0 Å². The van der Waals surface area contributed by atoms with Gasteiger partial charge in [-0.05, 0) is 36.6 Å². The van der Waals surface area contributed by atoms with Crippen LogP contribution in [0.15, 0.2) is 41.4 Å². The Morgan fingerprint density at radius 2 is 1.95 bits per heavy atom. The fraction of sp³-hybridized carbons (Fsp3) is 0.0769. The SMILES string of the molecule is CSc1ccc(OC(=O)c2cnc(Cl)c(Cl)c2)cc1. The first kappa shape index (κ1) is 14.2. The fourth-order valence-corrected chi connectivity index (χ4v) is 2.02. The van der Waals surface area contributed by atoms with E-state index in [0.29, 0.717) is 5.75 Å². The number of pyridine rings is 1. The Labute approximate surface area is 124 Å². The molecule has 0 spiro atoms. The van der Waals surface area contributed by atoms with Crippen molar-refractivity contribution in [1.29, 1.82) is 0 Å². The standard InChI is InChI=1S/C13H9Cl2NO2S/c1-19-10-4-2-9(3-5-10)18-13(17)8-6-11(14)12(15)16-7-8/h2-7H,1H3. The Morgan fingerprint density at radius 1 is 1.26 bits per heavy atom. The molecule has 1 heterocycles. The number of halogens is 2. The van der Waals surface area contributed by atoms with Gasteiger partial charge >= 0.3 is 5.97 Å². The predicted octanol–water partition coefficient (Wildman–Crippen LogP) is 4.33. The van der Waals surface area contributed by atoms with Gasteiger partial charge in [0, 0.05) is 11.1 Å². The zero-order chi connectivity index (χ0) is 13.8. The van der Waals surface area contributed by atoms with Gasteiger partial charge in [-0.1, -0.05) is 23.2 Å². The summed E-state index contributed by atoms with van der Waals surface area (Å²) in [6, 6.07) is 8.64. The third-order valence-electron chi connectivity index (χ3n) is 2.30. The van der Waals surface area contributed by atoms with Crippen LogP contribution in [0.1, 0.15) is 10.4 Å². The largest absolute Gasteiger partial charge is 0.423 e. The number of esters is 1. The molecule has 0 atom stereocenters. The van der Waals surface area contributed by atoms with E-state index in [0.717, 1.165) is 4.90 Å². The predicted molar refractivity (Wildman–Crippen MR) is 77.4 cm³/mol. The highest BCUT2D eigenvalue weighted by Crippen LogP contribution is 2.22. The maximum Gasteiger partial charge on any atom is 0.345 e. The molecule has 0 saturated carbocycles. The highest BCUT2D eigenvalue weighted by Gasteiger charge is 2.11. The lowest BCUT2D eigenvalue weighted by Gasteiger charge is -2.05. The summed E-state index contributed by atoms with van der Waals surface area (Å²) in [5.74, 6) is -0.0585.